The highest BCUT2D eigenvalue weighted by molar-refractivity contribution is 6.13. The summed E-state index contributed by atoms with van der Waals surface area (Å²) in [6.07, 6.45) is 0. The van der Waals surface area contributed by atoms with Crippen molar-refractivity contribution >= 4 is 27.5 Å². The number of benzene rings is 4. The molecule has 0 aliphatic rings. The molecule has 0 bridgehead atoms. The Bertz CT molecular complexity index is 1230. The first kappa shape index (κ1) is 17.7. The van der Waals surface area contributed by atoms with Crippen molar-refractivity contribution in [1.82, 2.24) is 0 Å². The minimum Gasteiger partial charge on any atom is -0.506 e. The molecule has 0 saturated carbocycles. The number of phenols is 2. The van der Waals surface area contributed by atoms with Gasteiger partial charge in [0.15, 0.2) is 11.5 Å². The van der Waals surface area contributed by atoms with Gasteiger partial charge in [-0.25, -0.2) is 4.79 Å². The smallest absolute Gasteiger partial charge is 0.341 e. The molecule has 0 spiro atoms. The number of carbonyl (C=O) groups excluding carboxylic acids is 1. The maximum absolute atomic E-state index is 12.3. The summed E-state index contributed by atoms with van der Waals surface area (Å²) in [7, 11) is 2.73. The summed E-state index contributed by atoms with van der Waals surface area (Å²) in [5, 5.41) is 25.0. The van der Waals surface area contributed by atoms with Gasteiger partial charge in [0.2, 0.25) is 0 Å². The molecule has 0 fully saturated rings. The zero-order valence-corrected chi connectivity index (χ0v) is 15.4. The Kier molecular flexibility index (Phi) is 4.28. The van der Waals surface area contributed by atoms with Crippen molar-refractivity contribution in [3.8, 4) is 28.4 Å². The monoisotopic (exact) mass is 374 g/mol. The molecule has 0 amide bonds. The highest BCUT2D eigenvalue weighted by atomic mass is 16.5. The molecule has 2 N–H and O–H groups in total. The largest absolute Gasteiger partial charge is 0.506 e. The fourth-order valence-electron chi connectivity index (χ4n) is 3.57. The molecule has 0 unspecified atom stereocenters. The lowest BCUT2D eigenvalue weighted by Gasteiger charge is -2.18. The number of esters is 1. The van der Waals surface area contributed by atoms with Crippen LogP contribution >= 0.6 is 0 Å². The van der Waals surface area contributed by atoms with Crippen LogP contribution in [0.5, 0.6) is 17.2 Å². The number of rotatable bonds is 3. The second-order valence-electron chi connectivity index (χ2n) is 6.38. The number of fused-ring (bicyclic) bond motifs is 2. The van der Waals surface area contributed by atoms with Gasteiger partial charge >= 0.3 is 5.97 Å². The minimum absolute atomic E-state index is 0.0301. The van der Waals surface area contributed by atoms with E-state index in [1.54, 1.807) is 12.1 Å². The molecule has 0 heterocycles. The van der Waals surface area contributed by atoms with E-state index < -0.39 is 5.97 Å². The normalized spacial score (nSPS) is 10.9. The van der Waals surface area contributed by atoms with E-state index in [1.165, 1.54) is 14.2 Å². The van der Waals surface area contributed by atoms with Crippen LogP contribution in [0.4, 0.5) is 0 Å². The van der Waals surface area contributed by atoms with Crippen molar-refractivity contribution in [2.75, 3.05) is 14.2 Å². The van der Waals surface area contributed by atoms with E-state index in [2.05, 4.69) is 0 Å². The Hall–Kier alpha value is -3.73. The van der Waals surface area contributed by atoms with E-state index >= 15 is 0 Å². The van der Waals surface area contributed by atoms with Gasteiger partial charge in [-0.1, -0.05) is 48.5 Å². The Morgan fingerprint density at radius 1 is 0.786 bits per heavy atom. The van der Waals surface area contributed by atoms with Gasteiger partial charge in [0.05, 0.1) is 14.2 Å². The molecule has 0 aliphatic carbocycles. The average Bonchev–Trinajstić information content (AvgIpc) is 2.73. The van der Waals surface area contributed by atoms with E-state index in [0.717, 1.165) is 16.2 Å². The second-order valence-corrected chi connectivity index (χ2v) is 6.38. The Morgan fingerprint density at radius 3 is 1.89 bits per heavy atom. The lowest BCUT2D eigenvalue weighted by atomic mass is 9.90. The standard InChI is InChI=1S/C23H18O5/c1-27-18-12-14-8-4-6-10-16(14)20(22(18)25)19-15-9-5-3-7-13(15)11-17(21(19)24)23(26)28-2/h3-12,24-25H,1-2H3. The third-order valence-electron chi connectivity index (χ3n) is 4.88. The van der Waals surface area contributed by atoms with Crippen LogP contribution in [-0.2, 0) is 4.74 Å². The molecule has 0 aromatic heterocycles. The van der Waals surface area contributed by atoms with Gasteiger partial charge in [-0.15, -0.1) is 0 Å². The number of phenolic OH excluding ortho intramolecular Hbond substituents is 2. The van der Waals surface area contributed by atoms with E-state index in [4.69, 9.17) is 9.47 Å². The molecule has 140 valence electrons. The average molecular weight is 374 g/mol. The number of ether oxygens (including phenoxy) is 2. The number of hydrogen-bond donors (Lipinski definition) is 2. The Balaban J connectivity index is 2.23. The molecule has 28 heavy (non-hydrogen) atoms. The summed E-state index contributed by atoms with van der Waals surface area (Å²) < 4.78 is 10.2. The fraction of sp³-hybridized carbons (Fsp3) is 0.0870. The first-order chi connectivity index (χ1) is 13.6. The molecule has 0 aliphatic heterocycles. The van der Waals surface area contributed by atoms with Crippen LogP contribution in [0.15, 0.2) is 60.7 Å². The third-order valence-corrected chi connectivity index (χ3v) is 4.88. The molecule has 4 aromatic carbocycles. The molecule has 4 rings (SSSR count). The summed E-state index contributed by atoms with van der Waals surface area (Å²) in [6.45, 7) is 0. The molecular formula is C23H18O5. The summed E-state index contributed by atoms with van der Waals surface area (Å²) in [5.41, 5.74) is 0.781. The maximum atomic E-state index is 12.3. The van der Waals surface area contributed by atoms with Crippen LogP contribution in [0.3, 0.4) is 0 Å². The third kappa shape index (κ3) is 2.60. The van der Waals surface area contributed by atoms with Crippen molar-refractivity contribution in [3.63, 3.8) is 0 Å². The topological polar surface area (TPSA) is 76.0 Å². The van der Waals surface area contributed by atoms with Gasteiger partial charge in [-0.3, -0.25) is 0 Å². The number of methoxy groups -OCH3 is 2. The van der Waals surface area contributed by atoms with Gasteiger partial charge in [-0.2, -0.15) is 0 Å². The number of hydrogen-bond acceptors (Lipinski definition) is 5. The van der Waals surface area contributed by atoms with Crippen LogP contribution in [-0.4, -0.2) is 30.4 Å². The van der Waals surface area contributed by atoms with Gasteiger partial charge in [0.25, 0.3) is 0 Å². The zero-order valence-electron chi connectivity index (χ0n) is 15.4. The first-order valence-corrected chi connectivity index (χ1v) is 8.69. The predicted molar refractivity (Wildman–Crippen MR) is 108 cm³/mol. The SMILES string of the molecule is COC(=O)c1cc2ccccc2c(-c2c(O)c(OC)cc3ccccc23)c1O. The van der Waals surface area contributed by atoms with Crippen LogP contribution in [0.2, 0.25) is 0 Å². The highest BCUT2D eigenvalue weighted by Crippen LogP contribution is 2.49. The van der Waals surface area contributed by atoms with Crippen molar-refractivity contribution in [2.45, 2.75) is 0 Å². The van der Waals surface area contributed by atoms with Crippen molar-refractivity contribution in [2.24, 2.45) is 0 Å². The van der Waals surface area contributed by atoms with Crippen molar-refractivity contribution in [3.05, 3.63) is 66.2 Å². The lowest BCUT2D eigenvalue weighted by Crippen LogP contribution is -2.03. The summed E-state index contributed by atoms with van der Waals surface area (Å²) in [6, 6.07) is 18.1. The lowest BCUT2D eigenvalue weighted by molar-refractivity contribution is 0.0597. The van der Waals surface area contributed by atoms with E-state index in [0.29, 0.717) is 16.5 Å². The fourth-order valence-corrected chi connectivity index (χ4v) is 3.57. The summed E-state index contributed by atoms with van der Waals surface area (Å²) in [4.78, 5) is 12.3. The molecule has 0 saturated heterocycles. The molecule has 5 heteroatoms. The summed E-state index contributed by atoms with van der Waals surface area (Å²) >= 11 is 0. The maximum Gasteiger partial charge on any atom is 0.341 e. The number of carbonyl (C=O) groups is 1. The Morgan fingerprint density at radius 2 is 1.32 bits per heavy atom. The molecule has 0 radical (unpaired) electrons. The summed E-state index contributed by atoms with van der Waals surface area (Å²) in [5.74, 6) is -0.736. The van der Waals surface area contributed by atoms with Crippen LogP contribution in [0.1, 0.15) is 10.4 Å². The van der Waals surface area contributed by atoms with E-state index in [9.17, 15) is 15.0 Å². The minimum atomic E-state index is -0.656. The molecule has 4 aromatic rings. The van der Waals surface area contributed by atoms with Crippen LogP contribution in [0.25, 0.3) is 32.7 Å². The zero-order chi connectivity index (χ0) is 19.8. The van der Waals surface area contributed by atoms with Gasteiger partial charge in [0, 0.05) is 11.1 Å². The van der Waals surface area contributed by atoms with Crippen molar-refractivity contribution < 1.29 is 24.5 Å². The van der Waals surface area contributed by atoms with Crippen LogP contribution < -0.4 is 4.74 Å². The highest BCUT2D eigenvalue weighted by Gasteiger charge is 2.24. The Labute approximate surface area is 161 Å². The quantitative estimate of drug-likeness (QED) is 0.501. The molecular weight excluding hydrogens is 356 g/mol. The second kappa shape index (κ2) is 6.78. The van der Waals surface area contributed by atoms with Gasteiger partial charge < -0.3 is 19.7 Å². The molecule has 0 atom stereocenters. The first-order valence-electron chi connectivity index (χ1n) is 8.69. The van der Waals surface area contributed by atoms with Crippen LogP contribution in [0, 0.1) is 0 Å². The van der Waals surface area contributed by atoms with Gasteiger partial charge in [-0.05, 0) is 33.7 Å². The van der Waals surface area contributed by atoms with E-state index in [-0.39, 0.29) is 22.8 Å². The van der Waals surface area contributed by atoms with E-state index in [1.807, 2.05) is 48.5 Å². The molecule has 5 nitrogen and oxygen atoms in total. The number of aromatic hydroxyl groups is 2. The van der Waals surface area contributed by atoms with Crippen molar-refractivity contribution in [1.29, 1.82) is 0 Å². The predicted octanol–water partition coefficient (Wildman–Crippen LogP) is 4.87. The van der Waals surface area contributed by atoms with Gasteiger partial charge in [0.1, 0.15) is 11.3 Å².